The van der Waals surface area contributed by atoms with Crippen LogP contribution in [0, 0.1) is 18.3 Å². The third-order valence-electron chi connectivity index (χ3n) is 5.59. The van der Waals surface area contributed by atoms with Crippen LogP contribution < -0.4 is 14.8 Å². The van der Waals surface area contributed by atoms with Crippen LogP contribution in [0.3, 0.4) is 0 Å². The summed E-state index contributed by atoms with van der Waals surface area (Å²) in [5, 5.41) is 12.5. The molecular formula is C18H24N2O5. The number of likely N-dealkylation sites (tertiary alicyclic amines) is 1. The smallest absolute Gasteiger partial charge is 0.321 e. The van der Waals surface area contributed by atoms with E-state index < -0.39 is 11.4 Å². The van der Waals surface area contributed by atoms with E-state index in [-0.39, 0.29) is 18.5 Å². The molecule has 1 aliphatic carbocycles. The average Bonchev–Trinajstić information content (AvgIpc) is 3.14. The van der Waals surface area contributed by atoms with Crippen molar-refractivity contribution in [2.45, 2.75) is 26.2 Å². The third-order valence-corrected chi connectivity index (χ3v) is 5.59. The predicted molar refractivity (Wildman–Crippen MR) is 92.3 cm³/mol. The number of carbonyl (C=O) groups excluding carboxylic acids is 1. The monoisotopic (exact) mass is 348 g/mol. The van der Waals surface area contributed by atoms with E-state index in [0.29, 0.717) is 30.2 Å². The number of rotatable bonds is 4. The first-order chi connectivity index (χ1) is 11.9. The number of ether oxygens (including phenoxy) is 2. The molecular weight excluding hydrogens is 324 g/mol. The van der Waals surface area contributed by atoms with Gasteiger partial charge in [-0.25, -0.2) is 4.79 Å². The van der Waals surface area contributed by atoms with Gasteiger partial charge in [-0.05, 0) is 25.7 Å². The fourth-order valence-electron chi connectivity index (χ4n) is 4.15. The molecule has 2 fully saturated rings. The summed E-state index contributed by atoms with van der Waals surface area (Å²) in [6, 6.07) is 3.18. The molecule has 3 rings (SSSR count). The Bertz CT molecular complexity index is 680. The number of nitrogens with zero attached hydrogens (tertiary/aromatic N) is 1. The Morgan fingerprint density at radius 2 is 1.92 bits per heavy atom. The molecule has 0 aromatic heterocycles. The Balaban J connectivity index is 1.77. The number of hydrogen-bond donors (Lipinski definition) is 2. The zero-order valence-electron chi connectivity index (χ0n) is 14.8. The minimum Gasteiger partial charge on any atom is -0.496 e. The molecule has 1 aliphatic heterocycles. The second-order valence-electron chi connectivity index (χ2n) is 6.87. The quantitative estimate of drug-likeness (QED) is 0.873. The van der Waals surface area contributed by atoms with Gasteiger partial charge < -0.3 is 24.8 Å². The molecule has 0 unspecified atom stereocenters. The fourth-order valence-corrected chi connectivity index (χ4v) is 4.15. The highest BCUT2D eigenvalue weighted by atomic mass is 16.5. The second-order valence-corrected chi connectivity index (χ2v) is 6.87. The summed E-state index contributed by atoms with van der Waals surface area (Å²) >= 11 is 0. The van der Waals surface area contributed by atoms with Gasteiger partial charge in [0, 0.05) is 36.5 Å². The van der Waals surface area contributed by atoms with Crippen molar-refractivity contribution >= 4 is 17.7 Å². The van der Waals surface area contributed by atoms with E-state index in [1.807, 2.05) is 6.92 Å². The van der Waals surface area contributed by atoms with Crippen LogP contribution in [0.15, 0.2) is 12.1 Å². The first-order valence-corrected chi connectivity index (χ1v) is 8.43. The van der Waals surface area contributed by atoms with Crippen LogP contribution in [0.25, 0.3) is 0 Å². The van der Waals surface area contributed by atoms with Gasteiger partial charge in [0.2, 0.25) is 0 Å². The zero-order chi connectivity index (χ0) is 18.2. The van der Waals surface area contributed by atoms with Crippen molar-refractivity contribution in [1.29, 1.82) is 0 Å². The summed E-state index contributed by atoms with van der Waals surface area (Å²) in [5.74, 6) is 0.492. The maximum absolute atomic E-state index is 12.6. The molecule has 1 aromatic carbocycles. The lowest BCUT2D eigenvalue weighted by Crippen LogP contribution is -2.38. The molecule has 2 atom stereocenters. The highest BCUT2D eigenvalue weighted by Crippen LogP contribution is 2.49. The average molecular weight is 348 g/mol. The minimum atomic E-state index is -0.788. The van der Waals surface area contributed by atoms with E-state index in [2.05, 4.69) is 5.32 Å². The highest BCUT2D eigenvalue weighted by Gasteiger charge is 2.55. The molecule has 7 heteroatoms. The SMILES string of the molecule is COc1cc(NC(=O)N2C[C@@H]3CCC[C@@]3(C(=O)O)C2)cc(OC)c1C. The van der Waals surface area contributed by atoms with Gasteiger partial charge in [-0.15, -0.1) is 0 Å². The van der Waals surface area contributed by atoms with E-state index in [1.54, 1.807) is 31.3 Å². The molecule has 2 N–H and O–H groups in total. The number of methoxy groups -OCH3 is 2. The Labute approximate surface area is 146 Å². The van der Waals surface area contributed by atoms with Gasteiger partial charge in [-0.2, -0.15) is 0 Å². The zero-order valence-corrected chi connectivity index (χ0v) is 14.8. The summed E-state index contributed by atoms with van der Waals surface area (Å²) in [4.78, 5) is 26.0. The van der Waals surface area contributed by atoms with E-state index in [1.165, 1.54) is 0 Å². The largest absolute Gasteiger partial charge is 0.496 e. The van der Waals surface area contributed by atoms with Crippen molar-refractivity contribution in [3.63, 3.8) is 0 Å². The van der Waals surface area contributed by atoms with E-state index >= 15 is 0 Å². The lowest BCUT2D eigenvalue weighted by molar-refractivity contribution is -0.149. The predicted octanol–water partition coefficient (Wildman–Crippen LogP) is 2.73. The molecule has 0 radical (unpaired) electrons. The number of amides is 2. The molecule has 1 aromatic rings. The molecule has 0 bridgehead atoms. The van der Waals surface area contributed by atoms with Crippen LogP contribution in [0.1, 0.15) is 24.8 Å². The number of urea groups is 1. The van der Waals surface area contributed by atoms with E-state index in [0.717, 1.165) is 18.4 Å². The van der Waals surface area contributed by atoms with Crippen molar-refractivity contribution in [2.24, 2.45) is 11.3 Å². The molecule has 25 heavy (non-hydrogen) atoms. The first-order valence-electron chi connectivity index (χ1n) is 8.43. The van der Waals surface area contributed by atoms with Crippen molar-refractivity contribution in [2.75, 3.05) is 32.6 Å². The number of anilines is 1. The van der Waals surface area contributed by atoms with Gasteiger partial charge in [0.05, 0.1) is 19.6 Å². The maximum atomic E-state index is 12.6. The number of carboxylic acids is 1. The van der Waals surface area contributed by atoms with Crippen LogP contribution in [0.4, 0.5) is 10.5 Å². The minimum absolute atomic E-state index is 0.0397. The second kappa shape index (κ2) is 6.46. The molecule has 7 nitrogen and oxygen atoms in total. The lowest BCUT2D eigenvalue weighted by Gasteiger charge is -2.23. The molecule has 136 valence electrons. The Hall–Kier alpha value is -2.44. The summed E-state index contributed by atoms with van der Waals surface area (Å²) in [5.41, 5.74) is 0.634. The highest BCUT2D eigenvalue weighted by molar-refractivity contribution is 5.91. The number of carboxylic acid groups (broad SMARTS) is 1. The molecule has 1 saturated carbocycles. The van der Waals surface area contributed by atoms with Crippen LogP contribution in [-0.4, -0.2) is 49.3 Å². The Kier molecular flexibility index (Phi) is 4.49. The van der Waals surface area contributed by atoms with E-state index in [9.17, 15) is 14.7 Å². The van der Waals surface area contributed by atoms with Crippen molar-refractivity contribution in [3.05, 3.63) is 17.7 Å². The normalized spacial score (nSPS) is 24.8. The molecule has 0 spiro atoms. The van der Waals surface area contributed by atoms with Gasteiger partial charge in [0.25, 0.3) is 0 Å². The van der Waals surface area contributed by atoms with Gasteiger partial charge >= 0.3 is 12.0 Å². The number of carbonyl (C=O) groups is 2. The van der Waals surface area contributed by atoms with Gasteiger partial charge in [0.1, 0.15) is 11.5 Å². The summed E-state index contributed by atoms with van der Waals surface area (Å²) in [7, 11) is 3.12. The van der Waals surface area contributed by atoms with Crippen LogP contribution in [0.5, 0.6) is 11.5 Å². The number of benzene rings is 1. The first kappa shape index (κ1) is 17.4. The number of nitrogens with one attached hydrogen (secondary N) is 1. The molecule has 2 amide bonds. The van der Waals surface area contributed by atoms with E-state index in [4.69, 9.17) is 9.47 Å². The van der Waals surface area contributed by atoms with Crippen molar-refractivity contribution in [3.8, 4) is 11.5 Å². The standard InChI is InChI=1S/C18H24N2O5/c1-11-14(24-2)7-13(8-15(11)25-3)19-17(23)20-9-12-5-4-6-18(12,10-20)16(21)22/h7-8,12H,4-6,9-10H2,1-3H3,(H,19,23)(H,21,22)/t12-,18+/m0/s1. The van der Waals surface area contributed by atoms with Gasteiger partial charge in [-0.3, -0.25) is 4.79 Å². The summed E-state index contributed by atoms with van der Waals surface area (Å²) in [6.07, 6.45) is 2.42. The van der Waals surface area contributed by atoms with Gasteiger partial charge in [-0.1, -0.05) is 6.42 Å². The van der Waals surface area contributed by atoms with Crippen molar-refractivity contribution < 1.29 is 24.2 Å². The molecule has 2 aliphatic rings. The maximum Gasteiger partial charge on any atom is 0.321 e. The van der Waals surface area contributed by atoms with Crippen LogP contribution in [-0.2, 0) is 4.79 Å². The van der Waals surface area contributed by atoms with Crippen molar-refractivity contribution in [1.82, 2.24) is 4.90 Å². The Morgan fingerprint density at radius 1 is 1.28 bits per heavy atom. The molecule has 1 heterocycles. The fraction of sp³-hybridized carbons (Fsp3) is 0.556. The molecule has 1 saturated heterocycles. The number of aliphatic carboxylic acids is 1. The Morgan fingerprint density at radius 3 is 2.44 bits per heavy atom. The summed E-state index contributed by atoms with van der Waals surface area (Å²) in [6.45, 7) is 2.62. The van der Waals surface area contributed by atoms with Gasteiger partial charge in [0.15, 0.2) is 0 Å². The lowest BCUT2D eigenvalue weighted by atomic mass is 9.81. The third kappa shape index (κ3) is 2.88. The van der Waals surface area contributed by atoms with Crippen LogP contribution in [0.2, 0.25) is 0 Å². The number of hydrogen-bond acceptors (Lipinski definition) is 4. The number of fused-ring (bicyclic) bond motifs is 1. The topological polar surface area (TPSA) is 88.1 Å². The van der Waals surface area contributed by atoms with Crippen LogP contribution >= 0.6 is 0 Å². The summed E-state index contributed by atoms with van der Waals surface area (Å²) < 4.78 is 10.6.